The number of nitrogens with one attached hydrogen (secondary N) is 1. The zero-order chi connectivity index (χ0) is 8.15. The lowest BCUT2D eigenvalue weighted by Gasteiger charge is -1.95. The third kappa shape index (κ3) is 2.60. The van der Waals surface area contributed by atoms with Gasteiger partial charge in [-0.2, -0.15) is 8.42 Å². The lowest BCUT2D eigenvalue weighted by molar-refractivity contribution is -0.124. The lowest BCUT2D eigenvalue weighted by Crippen LogP contribution is -2.28. The van der Waals surface area contributed by atoms with Crippen LogP contribution in [-0.2, 0) is 19.9 Å². The van der Waals surface area contributed by atoms with E-state index in [2.05, 4.69) is 4.84 Å². The van der Waals surface area contributed by atoms with Crippen LogP contribution in [0.3, 0.4) is 0 Å². The van der Waals surface area contributed by atoms with Gasteiger partial charge in [0, 0.05) is 0 Å². The third-order valence-corrected chi connectivity index (χ3v) is 1.45. The maximum atomic E-state index is 10.5. The number of hydroxylamine groups is 1. The van der Waals surface area contributed by atoms with Crippen molar-refractivity contribution in [3.05, 3.63) is 0 Å². The zero-order valence-corrected chi connectivity index (χ0v) is 6.36. The normalized spacial score (nSPS) is 8.60. The summed E-state index contributed by atoms with van der Waals surface area (Å²) in [5, 5.41) is 0. The number of carbonyl (C=O) groups excluding carboxylic acids is 1. The molecule has 0 rings (SSSR count). The molecule has 0 saturated heterocycles. The molecular weight excluding hydrogens is 158 g/mol. The Morgan fingerprint density at radius 3 is 2.30 bits per heavy atom. The molecule has 0 bridgehead atoms. The Labute approximate surface area is 59.5 Å². The van der Waals surface area contributed by atoms with Gasteiger partial charge in [-0.3, -0.25) is 9.63 Å². The van der Waals surface area contributed by atoms with Gasteiger partial charge in [-0.05, 0) is 6.92 Å². The highest BCUT2D eigenvalue weighted by Crippen LogP contribution is 1.70. The van der Waals surface area contributed by atoms with Crippen LogP contribution in [-0.4, -0.2) is 26.3 Å². The maximum Gasteiger partial charge on any atom is 0.285 e. The molecule has 58 valence electrons. The Balaban J connectivity index is 4.39. The van der Waals surface area contributed by atoms with E-state index >= 15 is 0 Å². The van der Waals surface area contributed by atoms with E-state index in [1.165, 1.54) is 14.0 Å². The van der Waals surface area contributed by atoms with E-state index in [0.717, 1.165) is 0 Å². The van der Waals surface area contributed by atoms with E-state index < -0.39 is 16.2 Å². The second-order valence-electron chi connectivity index (χ2n) is 1.43. The summed E-state index contributed by atoms with van der Waals surface area (Å²) < 4.78 is 20.1. The van der Waals surface area contributed by atoms with Crippen LogP contribution in [0, 0.1) is 0 Å². The van der Waals surface area contributed by atoms with Gasteiger partial charge in [-0.15, -0.1) is 0 Å². The van der Waals surface area contributed by atoms with Crippen molar-refractivity contribution in [3.63, 3.8) is 0 Å². The van der Waals surface area contributed by atoms with Crippen molar-refractivity contribution >= 4 is 21.1 Å². The van der Waals surface area contributed by atoms with E-state index in [1.807, 2.05) is 5.48 Å². The van der Waals surface area contributed by atoms with Crippen molar-refractivity contribution < 1.29 is 18.0 Å². The first-order chi connectivity index (χ1) is 4.59. The molecule has 6 heteroatoms. The molecule has 0 aromatic rings. The molecule has 1 N–H and O–H groups in total. The van der Waals surface area contributed by atoms with Gasteiger partial charge in [0.05, 0.1) is 7.11 Å². The minimum absolute atomic E-state index is 0.304. The van der Waals surface area contributed by atoms with Gasteiger partial charge in [-0.1, -0.05) is 0 Å². The summed E-state index contributed by atoms with van der Waals surface area (Å²) in [6.45, 7) is 1.18. The SMILES string of the molecule is CONC(=O)C(C)=S(=O)=O. The Morgan fingerprint density at radius 2 is 2.00 bits per heavy atom. The first-order valence-electron chi connectivity index (χ1n) is 2.35. The highest BCUT2D eigenvalue weighted by molar-refractivity contribution is 7.74. The molecule has 0 fully saturated rings. The highest BCUT2D eigenvalue weighted by atomic mass is 32.2. The molecule has 0 aromatic heterocycles. The minimum Gasteiger partial charge on any atom is -0.277 e. The molecule has 5 nitrogen and oxygen atoms in total. The average molecular weight is 165 g/mol. The number of amides is 1. The summed E-state index contributed by atoms with van der Waals surface area (Å²) in [5.74, 6) is -0.754. The van der Waals surface area contributed by atoms with Crippen LogP contribution in [0.1, 0.15) is 6.92 Å². The summed E-state index contributed by atoms with van der Waals surface area (Å²) in [5.41, 5.74) is 1.86. The van der Waals surface area contributed by atoms with E-state index in [1.54, 1.807) is 0 Å². The highest BCUT2D eigenvalue weighted by Gasteiger charge is 2.04. The van der Waals surface area contributed by atoms with Crippen molar-refractivity contribution in [1.29, 1.82) is 0 Å². The van der Waals surface area contributed by atoms with Crippen molar-refractivity contribution in [3.8, 4) is 0 Å². The summed E-state index contributed by atoms with van der Waals surface area (Å²) in [4.78, 5) is 14.4. The molecule has 1 amide bonds. The number of carbonyl (C=O) groups is 1. The van der Waals surface area contributed by atoms with Crippen LogP contribution in [0.5, 0.6) is 0 Å². The van der Waals surface area contributed by atoms with Crippen molar-refractivity contribution in [2.24, 2.45) is 0 Å². The molecule has 0 spiro atoms. The van der Waals surface area contributed by atoms with Gasteiger partial charge in [-0.25, -0.2) is 5.48 Å². The topological polar surface area (TPSA) is 72.5 Å². The van der Waals surface area contributed by atoms with E-state index in [4.69, 9.17) is 0 Å². The van der Waals surface area contributed by atoms with Crippen molar-refractivity contribution in [1.82, 2.24) is 5.48 Å². The zero-order valence-electron chi connectivity index (χ0n) is 5.54. The molecule has 0 aliphatic carbocycles. The van der Waals surface area contributed by atoms with Gasteiger partial charge in [0.1, 0.15) is 4.86 Å². The van der Waals surface area contributed by atoms with Gasteiger partial charge in [0.25, 0.3) is 5.91 Å². The van der Waals surface area contributed by atoms with Crippen molar-refractivity contribution in [2.75, 3.05) is 7.11 Å². The summed E-state index contributed by atoms with van der Waals surface area (Å²) in [7, 11) is -1.25. The molecule has 0 heterocycles. The van der Waals surface area contributed by atoms with E-state index in [0.29, 0.717) is 0 Å². The molecule has 0 unspecified atom stereocenters. The second kappa shape index (κ2) is 4.02. The molecule has 0 saturated carbocycles. The molecule has 0 atom stereocenters. The third-order valence-electron chi connectivity index (χ3n) is 0.765. The fourth-order valence-corrected chi connectivity index (χ4v) is 0.433. The Morgan fingerprint density at radius 1 is 1.50 bits per heavy atom. The Bertz CT molecular complexity index is 244. The standard InChI is InChI=1S/C4H7NO4S/c1-3(10(7)8)4(6)5-9-2/h1-2H3,(H,5,6). The van der Waals surface area contributed by atoms with E-state index in [9.17, 15) is 13.2 Å². The van der Waals surface area contributed by atoms with Crippen LogP contribution in [0.2, 0.25) is 0 Å². The molecule has 0 aromatic carbocycles. The quantitative estimate of drug-likeness (QED) is 0.409. The minimum atomic E-state index is -2.47. The number of rotatable bonds is 2. The largest absolute Gasteiger partial charge is 0.285 e. The van der Waals surface area contributed by atoms with Gasteiger partial charge >= 0.3 is 0 Å². The summed E-state index contributed by atoms with van der Waals surface area (Å²) in [6, 6.07) is 0. The first-order valence-corrected chi connectivity index (χ1v) is 3.43. The fourth-order valence-electron chi connectivity index (χ4n) is 0.240. The first kappa shape index (κ1) is 9.12. The number of hydrogen-bond acceptors (Lipinski definition) is 4. The van der Waals surface area contributed by atoms with Gasteiger partial charge in [0.2, 0.25) is 10.3 Å². The summed E-state index contributed by atoms with van der Waals surface area (Å²) >= 11 is 0. The Kier molecular flexibility index (Phi) is 3.67. The Hall–Kier alpha value is -0.880. The van der Waals surface area contributed by atoms with Crippen LogP contribution >= 0.6 is 0 Å². The predicted octanol–water partition coefficient (Wildman–Crippen LogP) is -1.26. The molecular formula is C4H7NO4S. The second-order valence-corrected chi connectivity index (χ2v) is 2.51. The molecule has 0 aliphatic heterocycles. The van der Waals surface area contributed by atoms with Gasteiger partial charge in [0.15, 0.2) is 0 Å². The van der Waals surface area contributed by atoms with Crippen LogP contribution in [0.15, 0.2) is 0 Å². The molecule has 0 radical (unpaired) electrons. The maximum absolute atomic E-state index is 10.5. The molecule has 10 heavy (non-hydrogen) atoms. The average Bonchev–Trinajstić information content (AvgIpc) is 1.87. The van der Waals surface area contributed by atoms with Crippen LogP contribution < -0.4 is 5.48 Å². The van der Waals surface area contributed by atoms with E-state index in [-0.39, 0.29) is 4.86 Å². The van der Waals surface area contributed by atoms with Crippen LogP contribution in [0.4, 0.5) is 0 Å². The van der Waals surface area contributed by atoms with Crippen molar-refractivity contribution in [2.45, 2.75) is 6.92 Å². The van der Waals surface area contributed by atoms with Crippen LogP contribution in [0.25, 0.3) is 0 Å². The summed E-state index contributed by atoms with van der Waals surface area (Å²) in [6.07, 6.45) is 0. The lowest BCUT2D eigenvalue weighted by atomic mass is 10.5. The monoisotopic (exact) mass is 165 g/mol. The smallest absolute Gasteiger partial charge is 0.277 e. The van der Waals surface area contributed by atoms with Gasteiger partial charge < -0.3 is 0 Å². The predicted molar refractivity (Wildman–Crippen MR) is 34.8 cm³/mol. The fraction of sp³-hybridized carbons (Fsp3) is 0.500. The molecule has 0 aliphatic rings. The number of hydrogen-bond donors (Lipinski definition) is 1.